The van der Waals surface area contributed by atoms with Crippen molar-refractivity contribution in [3.63, 3.8) is 0 Å². The molecule has 0 spiro atoms. The predicted octanol–water partition coefficient (Wildman–Crippen LogP) is 15.0. The van der Waals surface area contributed by atoms with Crippen LogP contribution in [0.1, 0.15) is 50.2 Å². The van der Waals surface area contributed by atoms with E-state index < -0.39 is 32.4 Å². The van der Waals surface area contributed by atoms with E-state index in [4.69, 9.17) is 13.2 Å². The van der Waals surface area contributed by atoms with Gasteiger partial charge in [-0.05, 0) is 85.4 Å². The summed E-state index contributed by atoms with van der Waals surface area (Å²) < 4.78 is 54.3. The van der Waals surface area contributed by atoms with Crippen LogP contribution in [0, 0.1) is 19.0 Å². The molecule has 1 radical (unpaired) electrons. The monoisotopic (exact) mass is 1050 g/mol. The summed E-state index contributed by atoms with van der Waals surface area (Å²) in [5.41, 5.74) is 6.87. The Balaban J connectivity index is 0.000000196. The Kier molecular flexibility index (Phi) is 10.4. The molecule has 7 aromatic carbocycles. The van der Waals surface area contributed by atoms with Gasteiger partial charge in [0.05, 0.1) is 0 Å². The van der Waals surface area contributed by atoms with E-state index in [0.29, 0.717) is 16.8 Å². The van der Waals surface area contributed by atoms with E-state index >= 15 is 0 Å². The first-order chi connectivity index (χ1) is 31.4. The number of fused-ring (bicyclic) bond motifs is 6. The van der Waals surface area contributed by atoms with Crippen molar-refractivity contribution in [1.82, 2.24) is 9.97 Å². The van der Waals surface area contributed by atoms with E-state index in [-0.39, 0.29) is 31.2 Å². The van der Waals surface area contributed by atoms with Crippen LogP contribution in [0.15, 0.2) is 164 Å². The van der Waals surface area contributed by atoms with Crippen LogP contribution in [0.5, 0.6) is 0 Å². The van der Waals surface area contributed by atoms with Gasteiger partial charge in [0.2, 0.25) is 0 Å². The second-order valence-electron chi connectivity index (χ2n) is 16.4. The van der Waals surface area contributed by atoms with E-state index in [1.165, 1.54) is 42.4 Å². The van der Waals surface area contributed by atoms with Crippen molar-refractivity contribution in [2.45, 2.75) is 50.2 Å². The normalized spacial score (nSPS) is 13.6. The van der Waals surface area contributed by atoms with Crippen molar-refractivity contribution in [3.8, 4) is 33.6 Å². The fourth-order valence-electron chi connectivity index (χ4n) is 7.80. The first-order valence-electron chi connectivity index (χ1n) is 23.2. The van der Waals surface area contributed by atoms with E-state index in [1.54, 1.807) is 41.7 Å². The molecule has 0 atom stereocenters. The summed E-state index contributed by atoms with van der Waals surface area (Å²) in [4.78, 5) is 9.26. The molecule has 0 fully saturated rings. The molecular formula is C56H48GeIrN2S-2. The molecule has 3 aromatic heterocycles. The Morgan fingerprint density at radius 3 is 2.10 bits per heavy atom. The van der Waals surface area contributed by atoms with Crippen LogP contribution in [0.3, 0.4) is 0 Å². The Morgan fingerprint density at radius 1 is 0.672 bits per heavy atom. The maximum absolute atomic E-state index is 8.94. The van der Waals surface area contributed by atoms with E-state index in [1.807, 2.05) is 62.5 Å². The predicted molar refractivity (Wildman–Crippen MR) is 261 cm³/mol. The van der Waals surface area contributed by atoms with Gasteiger partial charge in [0.25, 0.3) is 0 Å². The number of benzene rings is 7. The molecule has 0 aliphatic heterocycles. The molecule has 10 aromatic rings. The number of pyridine rings is 2. The van der Waals surface area contributed by atoms with Gasteiger partial charge in [-0.1, -0.05) is 72.1 Å². The van der Waals surface area contributed by atoms with Gasteiger partial charge in [-0.3, -0.25) is 0 Å². The molecule has 0 amide bonds. The second-order valence-corrected chi connectivity index (χ2v) is 28.1. The third kappa shape index (κ3) is 9.06. The second kappa shape index (κ2) is 18.0. The molecule has 0 aliphatic rings. The summed E-state index contributed by atoms with van der Waals surface area (Å²) in [5, 5.41) is 6.95. The molecule has 0 unspecified atom stereocenters. The molecule has 0 N–H and O–H groups in total. The van der Waals surface area contributed by atoms with Crippen LogP contribution in [0.25, 0.3) is 75.4 Å². The average Bonchev–Trinajstić information content (AvgIpc) is 3.69. The molecule has 303 valence electrons. The maximum Gasteiger partial charge on any atom is 0.0366 e. The van der Waals surface area contributed by atoms with Crippen molar-refractivity contribution in [3.05, 3.63) is 198 Å². The number of thiophene rings is 1. The van der Waals surface area contributed by atoms with Crippen LogP contribution >= 0.6 is 11.3 Å². The number of hydrogen-bond acceptors (Lipinski definition) is 3. The first-order valence-corrected chi connectivity index (χ1v) is 28.4. The molecule has 61 heavy (non-hydrogen) atoms. The van der Waals surface area contributed by atoms with Crippen LogP contribution in [-0.2, 0) is 26.5 Å². The molecule has 5 heteroatoms. The zero-order valence-electron chi connectivity index (χ0n) is 40.7. The topological polar surface area (TPSA) is 25.8 Å². The van der Waals surface area contributed by atoms with Gasteiger partial charge in [0.15, 0.2) is 0 Å². The van der Waals surface area contributed by atoms with E-state index in [0.717, 1.165) is 37.9 Å². The maximum atomic E-state index is 8.94. The Hall–Kier alpha value is -5.23. The molecule has 0 aliphatic carbocycles. The van der Waals surface area contributed by atoms with Gasteiger partial charge in [0, 0.05) is 37.9 Å². The van der Waals surface area contributed by atoms with Crippen LogP contribution in [-0.4, -0.2) is 23.2 Å². The number of aromatic nitrogens is 2. The zero-order chi connectivity index (χ0) is 46.6. The minimum absolute atomic E-state index is 0. The quantitative estimate of drug-likeness (QED) is 0.0903. The van der Waals surface area contributed by atoms with Gasteiger partial charge < -0.3 is 4.98 Å². The smallest absolute Gasteiger partial charge is 0.0366 e. The van der Waals surface area contributed by atoms with Gasteiger partial charge in [-0.25, -0.2) is 0 Å². The van der Waals surface area contributed by atoms with Gasteiger partial charge in [-0.15, -0.1) is 23.8 Å². The molecule has 2 nitrogen and oxygen atoms in total. The van der Waals surface area contributed by atoms with Crippen LogP contribution in [0.2, 0.25) is 17.3 Å². The minimum Gasteiger partial charge on any atom is -0.304 e. The van der Waals surface area contributed by atoms with Crippen molar-refractivity contribution >= 4 is 70.7 Å². The number of hydrogen-bond donors (Lipinski definition) is 0. The third-order valence-corrected chi connectivity index (χ3v) is 16.3. The summed E-state index contributed by atoms with van der Waals surface area (Å²) >= 11 is -0.390. The van der Waals surface area contributed by atoms with Gasteiger partial charge in [-0.2, -0.15) is 11.3 Å². The van der Waals surface area contributed by atoms with Crippen molar-refractivity contribution in [1.29, 1.82) is 0 Å². The largest absolute Gasteiger partial charge is 0.304 e. The molecule has 0 saturated heterocycles. The fraction of sp³-hybridized carbons (Fsp3) is 0.143. The van der Waals surface area contributed by atoms with Crippen LogP contribution in [0.4, 0.5) is 0 Å². The fourth-order valence-corrected chi connectivity index (χ4v) is 12.2. The number of aryl methyl sites for hydroxylation is 1. The average molecular weight is 1050 g/mol. The first kappa shape index (κ1) is 35.4. The number of nitrogens with zero attached hydrogens (tertiary/aromatic N) is 2. The Labute approximate surface area is 388 Å². The summed E-state index contributed by atoms with van der Waals surface area (Å²) in [6, 6.07) is 56.6. The molecule has 0 saturated carbocycles. The van der Waals surface area contributed by atoms with Gasteiger partial charge >= 0.3 is 156 Å². The van der Waals surface area contributed by atoms with Crippen molar-refractivity contribution in [2.75, 3.05) is 0 Å². The zero-order valence-corrected chi connectivity index (χ0v) is 40.0. The minimum atomic E-state index is -2.51. The van der Waals surface area contributed by atoms with Gasteiger partial charge in [0.1, 0.15) is 0 Å². The van der Waals surface area contributed by atoms with E-state index in [9.17, 15) is 0 Å². The molecule has 10 rings (SSSR count). The molecule has 3 heterocycles. The number of rotatable bonds is 7. The third-order valence-electron chi connectivity index (χ3n) is 10.9. The molecule has 0 bridgehead atoms. The summed E-state index contributed by atoms with van der Waals surface area (Å²) in [7, 11) is 0. The van der Waals surface area contributed by atoms with E-state index in [2.05, 4.69) is 113 Å². The van der Waals surface area contributed by atoms with Crippen molar-refractivity contribution in [2.24, 2.45) is 0 Å². The van der Waals surface area contributed by atoms with Crippen LogP contribution < -0.4 is 4.40 Å². The Bertz CT molecular complexity index is 3410. The summed E-state index contributed by atoms with van der Waals surface area (Å²) in [6.45, 7) is 1.42. The Morgan fingerprint density at radius 2 is 1.36 bits per heavy atom. The summed E-state index contributed by atoms with van der Waals surface area (Å²) in [5.74, 6) is 6.43. The molecular weight excluding hydrogens is 998 g/mol. The van der Waals surface area contributed by atoms with Crippen molar-refractivity contribution < 1.29 is 28.3 Å². The summed E-state index contributed by atoms with van der Waals surface area (Å²) in [6.07, 6.45) is 1.28. The SMILES string of the molecule is [2H]C(C)(C)c1cc(-c2[c-]ccc(-c3ccccc3)c2)nc[c]1[Ge]([CH3])([CH3])[CH3].[2H]C([2H])([2H])c1cnc(-c2[c-]cc3sc4ccc5cc6ccccc6cc5c4c3c2)cc1C([2H])([2H])c1ccccc1.[Ir]. The standard InChI is InChI=1S/C33H22NS.C23H26GeN.Ir/c1-21-20-34-30(19-27(21)15-22-7-3-2-4-8-22)26-12-13-31-29(18-26)33-28-17-24-10-6-5-9-23(24)16-25(28)11-14-32(33)35-31;1-17(2)21-15-23(25-16-22(21)24(3,4)5)20-13-9-12-19(14-20)18-10-7-6-8-11-18;/h2-11,13-14,16-20H,15H2,1H3;6-12,14-17H,1-5H3;/q2*-1;/i1D3,15D2;17D;.